The molecule has 0 radical (unpaired) electrons. The molecule has 0 saturated carbocycles. The molecule has 2 aliphatic rings. The second kappa shape index (κ2) is 8.07. The lowest BCUT2D eigenvalue weighted by atomic mass is 9.97. The molecule has 0 aromatic heterocycles. The van der Waals surface area contributed by atoms with E-state index in [0.29, 0.717) is 28.4 Å². The number of nitrogens with zero attached hydrogens (tertiary/aromatic N) is 1. The van der Waals surface area contributed by atoms with E-state index in [1.165, 1.54) is 0 Å². The van der Waals surface area contributed by atoms with Crippen LogP contribution < -0.4 is 14.2 Å². The number of carbonyl (C=O) groups excluding carboxylic acids is 1. The van der Waals surface area contributed by atoms with Gasteiger partial charge in [0.25, 0.3) is 0 Å². The molecule has 6 nitrogen and oxygen atoms in total. The predicted molar refractivity (Wildman–Crippen MR) is 121 cm³/mol. The lowest BCUT2D eigenvalue weighted by Crippen LogP contribution is -2.08. The Bertz CT molecular complexity index is 1280. The molecule has 2 aliphatic heterocycles. The van der Waals surface area contributed by atoms with Crippen LogP contribution in [0.2, 0.25) is 0 Å². The first-order valence-corrected chi connectivity index (χ1v) is 9.99. The van der Waals surface area contributed by atoms with Gasteiger partial charge in [-0.2, -0.15) is 0 Å². The zero-order valence-corrected chi connectivity index (χ0v) is 17.5. The van der Waals surface area contributed by atoms with E-state index in [1.807, 2.05) is 54.6 Å². The van der Waals surface area contributed by atoms with Crippen LogP contribution in [0.4, 0.5) is 0 Å². The number of ether oxygens (including phenoxy) is 4. The lowest BCUT2D eigenvalue weighted by molar-refractivity contribution is -0.129. The second-order valence-electron chi connectivity index (χ2n) is 7.13. The SMILES string of the molecule is COc1ccc(C2=C/C(=C3/N=C(c4ccc(OC)cc4)OC3=O)c3ccccc3O2)cc1. The third-order valence-corrected chi connectivity index (χ3v) is 5.24. The fourth-order valence-corrected chi connectivity index (χ4v) is 3.56. The maximum Gasteiger partial charge on any atom is 0.364 e. The summed E-state index contributed by atoms with van der Waals surface area (Å²) in [7, 11) is 3.22. The number of para-hydroxylation sites is 1. The molecule has 0 bridgehead atoms. The summed E-state index contributed by atoms with van der Waals surface area (Å²) >= 11 is 0. The molecule has 6 heteroatoms. The van der Waals surface area contributed by atoms with Gasteiger partial charge in [0, 0.05) is 22.3 Å². The topological polar surface area (TPSA) is 66.3 Å². The first-order valence-electron chi connectivity index (χ1n) is 9.99. The Labute approximate surface area is 185 Å². The fourth-order valence-electron chi connectivity index (χ4n) is 3.56. The smallest absolute Gasteiger partial charge is 0.364 e. The molecule has 0 saturated heterocycles. The van der Waals surface area contributed by atoms with Gasteiger partial charge in [0.2, 0.25) is 5.90 Å². The Hall–Kier alpha value is -4.32. The van der Waals surface area contributed by atoms with Gasteiger partial charge in [-0.05, 0) is 60.7 Å². The standard InChI is InChI=1S/C26H19NO5/c1-29-18-11-7-16(8-12-18)23-15-21(20-5-3-4-6-22(20)31-23)24-26(28)32-25(27-24)17-9-13-19(30-2)14-10-17/h3-15H,1-2H3/b24-21-. The summed E-state index contributed by atoms with van der Waals surface area (Å²) in [5.41, 5.74) is 3.19. The summed E-state index contributed by atoms with van der Waals surface area (Å²) in [5, 5.41) is 0. The number of allylic oxidation sites excluding steroid dienone is 2. The summed E-state index contributed by atoms with van der Waals surface area (Å²) in [6.45, 7) is 0. The van der Waals surface area contributed by atoms with Crippen molar-refractivity contribution in [2.45, 2.75) is 0 Å². The van der Waals surface area contributed by atoms with Gasteiger partial charge in [-0.15, -0.1) is 0 Å². The van der Waals surface area contributed by atoms with Crippen LogP contribution in [0, 0.1) is 0 Å². The van der Waals surface area contributed by atoms with Crippen LogP contribution in [-0.2, 0) is 9.53 Å². The molecular formula is C26H19NO5. The molecule has 2 heterocycles. The highest BCUT2D eigenvalue weighted by Gasteiger charge is 2.30. The molecule has 32 heavy (non-hydrogen) atoms. The van der Waals surface area contributed by atoms with Gasteiger partial charge in [-0.3, -0.25) is 0 Å². The van der Waals surface area contributed by atoms with E-state index in [4.69, 9.17) is 18.9 Å². The lowest BCUT2D eigenvalue weighted by Gasteiger charge is -2.20. The van der Waals surface area contributed by atoms with Gasteiger partial charge in [-0.1, -0.05) is 18.2 Å². The third kappa shape index (κ3) is 3.52. The number of benzene rings is 3. The number of esters is 1. The predicted octanol–water partition coefficient (Wildman–Crippen LogP) is 4.85. The number of carbonyl (C=O) groups is 1. The summed E-state index contributed by atoms with van der Waals surface area (Å²) in [6, 6.07) is 22.2. The summed E-state index contributed by atoms with van der Waals surface area (Å²) < 4.78 is 22.1. The Balaban J connectivity index is 1.62. The Morgan fingerprint density at radius 3 is 2.03 bits per heavy atom. The van der Waals surface area contributed by atoms with Gasteiger partial charge in [-0.25, -0.2) is 9.79 Å². The summed E-state index contributed by atoms with van der Waals surface area (Å²) in [5.74, 6) is 2.45. The molecule has 0 aliphatic carbocycles. The van der Waals surface area contributed by atoms with Crippen LogP contribution in [0.3, 0.4) is 0 Å². The van der Waals surface area contributed by atoms with Crippen molar-refractivity contribution in [3.63, 3.8) is 0 Å². The minimum atomic E-state index is -0.507. The Morgan fingerprint density at radius 1 is 0.750 bits per heavy atom. The summed E-state index contributed by atoms with van der Waals surface area (Å²) in [4.78, 5) is 17.3. The van der Waals surface area contributed by atoms with Crippen molar-refractivity contribution >= 4 is 23.2 Å². The Morgan fingerprint density at radius 2 is 1.38 bits per heavy atom. The van der Waals surface area contributed by atoms with E-state index in [0.717, 1.165) is 16.9 Å². The highest BCUT2D eigenvalue weighted by Crippen LogP contribution is 2.40. The largest absolute Gasteiger partial charge is 0.497 e. The van der Waals surface area contributed by atoms with Crippen molar-refractivity contribution in [3.8, 4) is 17.2 Å². The van der Waals surface area contributed by atoms with E-state index in [-0.39, 0.29) is 11.6 Å². The van der Waals surface area contributed by atoms with Crippen LogP contribution in [-0.4, -0.2) is 26.1 Å². The number of methoxy groups -OCH3 is 2. The number of rotatable bonds is 4. The van der Waals surface area contributed by atoms with Crippen molar-refractivity contribution in [2.75, 3.05) is 14.2 Å². The van der Waals surface area contributed by atoms with Gasteiger partial charge >= 0.3 is 5.97 Å². The van der Waals surface area contributed by atoms with Crippen LogP contribution >= 0.6 is 0 Å². The van der Waals surface area contributed by atoms with Crippen LogP contribution in [0.1, 0.15) is 16.7 Å². The average molecular weight is 425 g/mol. The van der Waals surface area contributed by atoms with Crippen LogP contribution in [0.5, 0.6) is 17.2 Å². The third-order valence-electron chi connectivity index (χ3n) is 5.24. The molecule has 0 N–H and O–H groups in total. The van der Waals surface area contributed by atoms with Crippen LogP contribution in [0.15, 0.2) is 89.6 Å². The van der Waals surface area contributed by atoms with E-state index < -0.39 is 5.97 Å². The molecule has 0 atom stereocenters. The molecule has 3 aromatic carbocycles. The monoisotopic (exact) mass is 425 g/mol. The van der Waals surface area contributed by atoms with E-state index in [9.17, 15) is 4.79 Å². The average Bonchev–Trinajstić information content (AvgIpc) is 3.24. The van der Waals surface area contributed by atoms with Crippen molar-refractivity contribution in [1.82, 2.24) is 0 Å². The minimum Gasteiger partial charge on any atom is -0.497 e. The quantitative estimate of drug-likeness (QED) is 0.442. The normalized spacial score (nSPS) is 17.0. The van der Waals surface area contributed by atoms with Gasteiger partial charge in [0.1, 0.15) is 23.0 Å². The van der Waals surface area contributed by atoms with Crippen molar-refractivity contribution < 1.29 is 23.7 Å². The molecule has 0 amide bonds. The highest BCUT2D eigenvalue weighted by molar-refractivity contribution is 6.15. The van der Waals surface area contributed by atoms with Gasteiger partial charge < -0.3 is 18.9 Å². The molecule has 5 rings (SSSR count). The first kappa shape index (κ1) is 19.6. The van der Waals surface area contributed by atoms with Crippen LogP contribution in [0.25, 0.3) is 11.3 Å². The first-order chi connectivity index (χ1) is 15.7. The maximum atomic E-state index is 12.8. The number of cyclic esters (lactones) is 1. The number of aliphatic imine (C=N–C) groups is 1. The zero-order valence-electron chi connectivity index (χ0n) is 17.5. The summed E-state index contributed by atoms with van der Waals surface area (Å²) in [6.07, 6.45) is 1.82. The van der Waals surface area contributed by atoms with E-state index >= 15 is 0 Å². The molecule has 0 spiro atoms. The molecule has 158 valence electrons. The molecule has 0 fully saturated rings. The van der Waals surface area contributed by atoms with Gasteiger partial charge in [0.15, 0.2) is 5.70 Å². The van der Waals surface area contributed by atoms with Crippen molar-refractivity contribution in [3.05, 3.63) is 101 Å². The maximum absolute atomic E-state index is 12.8. The second-order valence-corrected chi connectivity index (χ2v) is 7.13. The Kier molecular flexibility index (Phi) is 4.95. The van der Waals surface area contributed by atoms with E-state index in [2.05, 4.69) is 4.99 Å². The minimum absolute atomic E-state index is 0.234. The van der Waals surface area contributed by atoms with Gasteiger partial charge in [0.05, 0.1) is 14.2 Å². The number of hydrogen-bond acceptors (Lipinski definition) is 6. The zero-order chi connectivity index (χ0) is 22.1. The highest BCUT2D eigenvalue weighted by atomic mass is 16.6. The van der Waals surface area contributed by atoms with Crippen molar-refractivity contribution in [2.24, 2.45) is 4.99 Å². The molecule has 0 unspecified atom stereocenters. The van der Waals surface area contributed by atoms with Crippen molar-refractivity contribution in [1.29, 1.82) is 0 Å². The number of hydrogen-bond donors (Lipinski definition) is 0. The van der Waals surface area contributed by atoms with E-state index in [1.54, 1.807) is 38.5 Å². The molecular weight excluding hydrogens is 406 g/mol. The fraction of sp³-hybridized carbons (Fsp3) is 0.0769. The number of fused-ring (bicyclic) bond motifs is 1. The molecule has 3 aromatic rings.